The molecule has 2 aromatic heterocycles. The van der Waals surface area contributed by atoms with Gasteiger partial charge in [-0.05, 0) is 62.7 Å². The second-order valence-electron chi connectivity index (χ2n) is 8.99. The number of likely N-dealkylation sites (N-methyl/N-ethyl adjacent to an activating group) is 1. The fourth-order valence-electron chi connectivity index (χ4n) is 4.55. The Labute approximate surface area is 193 Å². The number of hydrogen-bond acceptors (Lipinski definition) is 5. The Balaban J connectivity index is 1.56. The maximum atomic E-state index is 13.0. The van der Waals surface area contributed by atoms with Crippen molar-refractivity contribution >= 4 is 5.91 Å². The smallest absolute Gasteiger partial charge is 0.280 e. The van der Waals surface area contributed by atoms with Crippen molar-refractivity contribution in [2.45, 2.75) is 33.2 Å². The van der Waals surface area contributed by atoms with Gasteiger partial charge in [-0.2, -0.15) is 5.26 Å². The summed E-state index contributed by atoms with van der Waals surface area (Å²) in [5.74, 6) is 0.357. The Morgan fingerprint density at radius 1 is 1.21 bits per heavy atom. The molecule has 1 aliphatic rings. The van der Waals surface area contributed by atoms with Crippen molar-refractivity contribution in [1.29, 1.82) is 5.26 Å². The van der Waals surface area contributed by atoms with Gasteiger partial charge in [-0.15, -0.1) is 0 Å². The Hall–Kier alpha value is -3.70. The van der Waals surface area contributed by atoms with E-state index >= 15 is 0 Å². The summed E-state index contributed by atoms with van der Waals surface area (Å²) >= 11 is 0. The van der Waals surface area contributed by atoms with Crippen LogP contribution in [0.15, 0.2) is 47.5 Å². The van der Waals surface area contributed by atoms with E-state index in [2.05, 4.69) is 41.8 Å². The van der Waals surface area contributed by atoms with Gasteiger partial charge >= 0.3 is 0 Å². The molecule has 1 saturated heterocycles. The van der Waals surface area contributed by atoms with E-state index in [1.807, 2.05) is 11.8 Å². The third-order valence-electron chi connectivity index (χ3n) is 6.38. The van der Waals surface area contributed by atoms with Crippen LogP contribution in [0.3, 0.4) is 0 Å². The highest BCUT2D eigenvalue weighted by atomic mass is 16.2. The molecule has 1 aliphatic heterocycles. The van der Waals surface area contributed by atoms with E-state index in [0.717, 1.165) is 24.2 Å². The largest absolute Gasteiger partial charge is 0.335 e. The molecule has 1 amide bonds. The molecule has 0 aliphatic carbocycles. The number of nitrogens with zero attached hydrogens (tertiary/aromatic N) is 5. The van der Waals surface area contributed by atoms with E-state index in [-0.39, 0.29) is 17.0 Å². The first kappa shape index (κ1) is 22.5. The number of nitrogens with one attached hydrogen (secondary N) is 1. The number of amides is 1. The van der Waals surface area contributed by atoms with Crippen molar-refractivity contribution in [2.24, 2.45) is 0 Å². The van der Waals surface area contributed by atoms with Gasteiger partial charge in [0.15, 0.2) is 5.82 Å². The minimum absolute atomic E-state index is 0.0504. The average molecular weight is 445 g/mol. The van der Waals surface area contributed by atoms with Crippen LogP contribution in [-0.4, -0.2) is 62.2 Å². The van der Waals surface area contributed by atoms with Crippen molar-refractivity contribution in [3.8, 4) is 23.0 Å². The highest BCUT2D eigenvalue weighted by Gasteiger charge is 2.34. The van der Waals surface area contributed by atoms with Gasteiger partial charge in [0.2, 0.25) is 0 Å². The van der Waals surface area contributed by atoms with Crippen LogP contribution in [0.5, 0.6) is 0 Å². The molecule has 8 heteroatoms. The van der Waals surface area contributed by atoms with E-state index in [0.29, 0.717) is 35.6 Å². The lowest BCUT2D eigenvalue weighted by molar-refractivity contribution is 0.0209. The van der Waals surface area contributed by atoms with Crippen LogP contribution in [0.4, 0.5) is 0 Å². The molecule has 1 N–H and O–H groups in total. The molecule has 170 valence electrons. The summed E-state index contributed by atoms with van der Waals surface area (Å²) in [6.07, 6.45) is 3.16. The van der Waals surface area contributed by atoms with Crippen LogP contribution >= 0.6 is 0 Å². The minimum atomic E-state index is -0.244. The molecule has 0 bridgehead atoms. The molecule has 0 radical (unpaired) electrons. The number of aryl methyl sites for hydroxylation is 1. The van der Waals surface area contributed by atoms with Crippen molar-refractivity contribution in [2.75, 3.05) is 26.2 Å². The van der Waals surface area contributed by atoms with E-state index in [4.69, 9.17) is 5.26 Å². The highest BCUT2D eigenvalue weighted by Crippen LogP contribution is 2.23. The summed E-state index contributed by atoms with van der Waals surface area (Å²) < 4.78 is 1.35. The first-order valence-corrected chi connectivity index (χ1v) is 11.1. The van der Waals surface area contributed by atoms with E-state index < -0.39 is 0 Å². The van der Waals surface area contributed by atoms with E-state index in [1.165, 1.54) is 10.9 Å². The quantitative estimate of drug-likeness (QED) is 0.667. The zero-order valence-electron chi connectivity index (χ0n) is 19.4. The summed E-state index contributed by atoms with van der Waals surface area (Å²) in [5, 5.41) is 12.0. The average Bonchev–Trinajstić information content (AvgIpc) is 3.18. The maximum absolute atomic E-state index is 13.0. The number of H-pyrrole nitrogens is 1. The second kappa shape index (κ2) is 8.68. The molecule has 1 fully saturated rings. The number of piperazine rings is 1. The maximum Gasteiger partial charge on any atom is 0.280 e. The van der Waals surface area contributed by atoms with Crippen molar-refractivity contribution < 1.29 is 4.79 Å². The van der Waals surface area contributed by atoms with Gasteiger partial charge in [-0.3, -0.25) is 19.6 Å². The van der Waals surface area contributed by atoms with Crippen molar-refractivity contribution in [3.05, 3.63) is 69.8 Å². The molecule has 0 atom stereocenters. The summed E-state index contributed by atoms with van der Waals surface area (Å²) in [6.45, 7) is 11.5. The van der Waals surface area contributed by atoms with Gasteiger partial charge in [0.1, 0.15) is 0 Å². The number of rotatable bonds is 4. The zero-order valence-corrected chi connectivity index (χ0v) is 19.4. The molecule has 3 aromatic rings. The number of nitriles is 1. The van der Waals surface area contributed by atoms with Crippen LogP contribution in [0.25, 0.3) is 16.9 Å². The first-order valence-electron chi connectivity index (χ1n) is 11.1. The number of pyridine rings is 1. The van der Waals surface area contributed by atoms with Gasteiger partial charge in [0.25, 0.3) is 11.5 Å². The highest BCUT2D eigenvalue weighted by molar-refractivity contribution is 5.94. The number of benzene rings is 1. The Morgan fingerprint density at radius 2 is 2.00 bits per heavy atom. The van der Waals surface area contributed by atoms with Crippen LogP contribution in [0, 0.1) is 18.3 Å². The lowest BCUT2D eigenvalue weighted by Crippen LogP contribution is -2.60. The van der Waals surface area contributed by atoms with Crippen LogP contribution in [0.1, 0.15) is 42.3 Å². The molecule has 4 rings (SSSR count). The second-order valence-corrected chi connectivity index (χ2v) is 8.99. The summed E-state index contributed by atoms with van der Waals surface area (Å²) in [7, 11) is 0. The van der Waals surface area contributed by atoms with Gasteiger partial charge in [0.05, 0.1) is 22.8 Å². The summed E-state index contributed by atoms with van der Waals surface area (Å²) in [6, 6.07) is 10.7. The first-order chi connectivity index (χ1) is 15.7. The minimum Gasteiger partial charge on any atom is -0.335 e. The monoisotopic (exact) mass is 444 g/mol. The van der Waals surface area contributed by atoms with Gasteiger partial charge in [-0.1, -0.05) is 13.0 Å². The SMILES string of the molecule is CCN1CCN(C(=O)c2ccc(-n3[nH]cc(-c4ccc(C#N)cc4C)c3=O)nc2)CC1(C)C. The molecule has 1 aromatic carbocycles. The third-order valence-corrected chi connectivity index (χ3v) is 6.38. The predicted octanol–water partition coefficient (Wildman–Crippen LogP) is 2.96. The molecule has 3 heterocycles. The number of carbonyl (C=O) groups excluding carboxylic acids is 1. The molecule has 33 heavy (non-hydrogen) atoms. The normalized spacial score (nSPS) is 15.9. The van der Waals surface area contributed by atoms with Gasteiger partial charge < -0.3 is 4.90 Å². The molecule has 0 spiro atoms. The fraction of sp³-hybridized carbons (Fsp3) is 0.360. The zero-order chi connectivity index (χ0) is 23.8. The van der Waals surface area contributed by atoms with Gasteiger partial charge in [0, 0.05) is 37.6 Å². The standard InChI is InChI=1S/C25H28N6O2/c1-5-30-11-10-29(16-25(30,3)4)23(32)19-7-9-22(27-14-19)31-24(33)21(15-28-31)20-8-6-18(13-26)12-17(20)2/h6-9,12,14-15,28H,5,10-11,16H2,1-4H3. The lowest BCUT2D eigenvalue weighted by atomic mass is 9.98. The third kappa shape index (κ3) is 4.20. The summed E-state index contributed by atoms with van der Waals surface area (Å²) in [5.41, 5.74) is 2.83. The molecular formula is C25H28N6O2. The van der Waals surface area contributed by atoms with Crippen molar-refractivity contribution in [3.63, 3.8) is 0 Å². The topological polar surface area (TPSA) is 98.0 Å². The molecule has 0 saturated carbocycles. The Bertz CT molecular complexity index is 1280. The predicted molar refractivity (Wildman–Crippen MR) is 126 cm³/mol. The van der Waals surface area contributed by atoms with Crippen molar-refractivity contribution in [1.82, 2.24) is 24.6 Å². The molecule has 0 unspecified atom stereocenters. The number of aromatic amines is 1. The Kier molecular flexibility index (Phi) is 5.91. The van der Waals surface area contributed by atoms with E-state index in [9.17, 15) is 9.59 Å². The number of aromatic nitrogens is 3. The summed E-state index contributed by atoms with van der Waals surface area (Å²) in [4.78, 5) is 34.7. The molecular weight excluding hydrogens is 416 g/mol. The van der Waals surface area contributed by atoms with Crippen LogP contribution < -0.4 is 5.56 Å². The fourth-order valence-corrected chi connectivity index (χ4v) is 4.55. The number of hydrogen-bond donors (Lipinski definition) is 1. The lowest BCUT2D eigenvalue weighted by Gasteiger charge is -2.46. The number of carbonyl (C=O) groups is 1. The van der Waals surface area contributed by atoms with Crippen LogP contribution in [-0.2, 0) is 0 Å². The van der Waals surface area contributed by atoms with E-state index in [1.54, 1.807) is 36.5 Å². The van der Waals surface area contributed by atoms with Gasteiger partial charge in [-0.25, -0.2) is 9.67 Å². The van der Waals surface area contributed by atoms with Crippen LogP contribution in [0.2, 0.25) is 0 Å². The molecule has 8 nitrogen and oxygen atoms in total. The Morgan fingerprint density at radius 3 is 2.61 bits per heavy atom.